The SMILES string of the molecule is CC(C)(C)C1CN(CC(F)F)CCO1. The lowest BCUT2D eigenvalue weighted by Gasteiger charge is -2.39. The maximum absolute atomic E-state index is 12.2. The largest absolute Gasteiger partial charge is 0.375 e. The Labute approximate surface area is 84.2 Å². The topological polar surface area (TPSA) is 12.5 Å². The average molecular weight is 207 g/mol. The third kappa shape index (κ3) is 3.50. The van der Waals surface area contributed by atoms with E-state index in [1.807, 2.05) is 0 Å². The first-order valence-corrected chi connectivity index (χ1v) is 5.01. The zero-order valence-electron chi connectivity index (χ0n) is 9.09. The van der Waals surface area contributed by atoms with Gasteiger partial charge in [0.1, 0.15) is 0 Å². The summed E-state index contributed by atoms with van der Waals surface area (Å²) in [7, 11) is 0. The summed E-state index contributed by atoms with van der Waals surface area (Å²) in [5.74, 6) is 0. The van der Waals surface area contributed by atoms with E-state index in [1.165, 1.54) is 0 Å². The van der Waals surface area contributed by atoms with E-state index >= 15 is 0 Å². The van der Waals surface area contributed by atoms with Gasteiger partial charge in [-0.1, -0.05) is 20.8 Å². The van der Waals surface area contributed by atoms with Crippen LogP contribution in [0.3, 0.4) is 0 Å². The number of hydrogen-bond acceptors (Lipinski definition) is 2. The normalized spacial score (nSPS) is 25.7. The zero-order valence-corrected chi connectivity index (χ0v) is 9.09. The highest BCUT2D eigenvalue weighted by Gasteiger charge is 2.31. The van der Waals surface area contributed by atoms with Gasteiger partial charge in [-0.3, -0.25) is 4.90 Å². The summed E-state index contributed by atoms with van der Waals surface area (Å²) in [6.07, 6.45) is -2.18. The minimum Gasteiger partial charge on any atom is -0.375 e. The van der Waals surface area contributed by atoms with Gasteiger partial charge >= 0.3 is 0 Å². The number of morpholine rings is 1. The van der Waals surface area contributed by atoms with Crippen molar-refractivity contribution in [3.8, 4) is 0 Å². The van der Waals surface area contributed by atoms with Gasteiger partial charge in [0.05, 0.1) is 19.3 Å². The van der Waals surface area contributed by atoms with E-state index in [0.717, 1.165) is 0 Å². The first kappa shape index (κ1) is 11.9. The Morgan fingerprint density at radius 2 is 2.07 bits per heavy atom. The molecule has 0 aromatic heterocycles. The summed E-state index contributed by atoms with van der Waals surface area (Å²) >= 11 is 0. The highest BCUT2D eigenvalue weighted by molar-refractivity contribution is 4.81. The molecule has 0 radical (unpaired) electrons. The Balaban J connectivity index is 2.44. The molecule has 0 aromatic carbocycles. The molecule has 1 aliphatic heterocycles. The molecule has 0 amide bonds. The van der Waals surface area contributed by atoms with Crippen LogP contribution < -0.4 is 0 Å². The molecular formula is C10H19F2NO. The van der Waals surface area contributed by atoms with Gasteiger partial charge in [0.25, 0.3) is 6.43 Å². The molecular weight excluding hydrogens is 188 g/mol. The molecule has 1 heterocycles. The maximum Gasteiger partial charge on any atom is 0.251 e. The van der Waals surface area contributed by atoms with Gasteiger partial charge in [-0.2, -0.15) is 0 Å². The zero-order chi connectivity index (χ0) is 10.8. The summed E-state index contributed by atoms with van der Waals surface area (Å²) in [6, 6.07) is 0. The maximum atomic E-state index is 12.2. The van der Waals surface area contributed by atoms with Crippen LogP contribution in [-0.2, 0) is 4.74 Å². The smallest absolute Gasteiger partial charge is 0.251 e. The first-order chi connectivity index (χ1) is 6.39. The second-order valence-corrected chi connectivity index (χ2v) is 4.88. The predicted molar refractivity (Wildman–Crippen MR) is 51.6 cm³/mol. The van der Waals surface area contributed by atoms with E-state index in [-0.39, 0.29) is 18.1 Å². The summed E-state index contributed by atoms with van der Waals surface area (Å²) in [6.45, 7) is 7.89. The van der Waals surface area contributed by atoms with Crippen LogP contribution in [-0.4, -0.2) is 43.7 Å². The van der Waals surface area contributed by atoms with Gasteiger partial charge in [0.15, 0.2) is 0 Å². The minimum absolute atomic E-state index is 0.0286. The van der Waals surface area contributed by atoms with Crippen molar-refractivity contribution in [3.63, 3.8) is 0 Å². The fraction of sp³-hybridized carbons (Fsp3) is 1.00. The Hall–Kier alpha value is -0.220. The second-order valence-electron chi connectivity index (χ2n) is 4.88. The van der Waals surface area contributed by atoms with Crippen LogP contribution in [0.2, 0.25) is 0 Å². The number of alkyl halides is 2. The molecule has 2 nitrogen and oxygen atoms in total. The molecule has 1 saturated heterocycles. The average Bonchev–Trinajstić information content (AvgIpc) is 2.01. The van der Waals surface area contributed by atoms with Crippen LogP contribution >= 0.6 is 0 Å². The molecule has 0 spiro atoms. The van der Waals surface area contributed by atoms with Crippen molar-refractivity contribution in [2.24, 2.45) is 5.41 Å². The molecule has 1 rings (SSSR count). The van der Waals surface area contributed by atoms with Crippen LogP contribution in [0.25, 0.3) is 0 Å². The Kier molecular flexibility index (Phi) is 3.84. The molecule has 0 aromatic rings. The minimum atomic E-state index is -2.24. The first-order valence-electron chi connectivity index (χ1n) is 5.01. The molecule has 0 bridgehead atoms. The third-order valence-corrected chi connectivity index (χ3v) is 2.51. The second kappa shape index (κ2) is 4.53. The van der Waals surface area contributed by atoms with Gasteiger partial charge in [-0.25, -0.2) is 8.78 Å². The Bertz CT molecular complexity index is 179. The van der Waals surface area contributed by atoms with Crippen molar-refractivity contribution in [2.75, 3.05) is 26.2 Å². The lowest BCUT2D eigenvalue weighted by atomic mass is 9.88. The van der Waals surface area contributed by atoms with Gasteiger partial charge < -0.3 is 4.74 Å². The standard InChI is InChI=1S/C10H19F2NO/c1-10(2,3)8-6-13(4-5-14-8)7-9(11)12/h8-9H,4-7H2,1-3H3. The van der Waals surface area contributed by atoms with Crippen LogP contribution in [0.5, 0.6) is 0 Å². The molecule has 4 heteroatoms. The predicted octanol–water partition coefficient (Wildman–Crippen LogP) is 2.00. The number of halogens is 2. The highest BCUT2D eigenvalue weighted by Crippen LogP contribution is 2.25. The van der Waals surface area contributed by atoms with E-state index in [4.69, 9.17) is 4.74 Å². The fourth-order valence-corrected chi connectivity index (χ4v) is 1.59. The molecule has 0 aliphatic carbocycles. The van der Waals surface area contributed by atoms with Crippen molar-refractivity contribution >= 4 is 0 Å². The fourth-order valence-electron chi connectivity index (χ4n) is 1.59. The number of nitrogens with zero attached hydrogens (tertiary/aromatic N) is 1. The summed E-state index contributed by atoms with van der Waals surface area (Å²) in [5.41, 5.74) is 0.0286. The molecule has 84 valence electrons. The van der Waals surface area contributed by atoms with Gasteiger partial charge in [0.2, 0.25) is 0 Å². The van der Waals surface area contributed by atoms with E-state index in [1.54, 1.807) is 4.90 Å². The number of hydrogen-bond donors (Lipinski definition) is 0. The summed E-state index contributed by atoms with van der Waals surface area (Å²) in [5, 5.41) is 0. The number of ether oxygens (including phenoxy) is 1. The van der Waals surface area contributed by atoms with E-state index in [2.05, 4.69) is 20.8 Å². The van der Waals surface area contributed by atoms with Gasteiger partial charge in [0, 0.05) is 13.1 Å². The highest BCUT2D eigenvalue weighted by atomic mass is 19.3. The van der Waals surface area contributed by atoms with Gasteiger partial charge in [-0.05, 0) is 5.41 Å². The van der Waals surface area contributed by atoms with Crippen molar-refractivity contribution in [1.29, 1.82) is 0 Å². The Morgan fingerprint density at radius 1 is 1.43 bits per heavy atom. The van der Waals surface area contributed by atoms with Crippen LogP contribution in [0, 0.1) is 5.41 Å². The lowest BCUT2D eigenvalue weighted by molar-refractivity contribution is -0.0887. The molecule has 1 unspecified atom stereocenters. The molecule has 1 fully saturated rings. The van der Waals surface area contributed by atoms with E-state index in [9.17, 15) is 8.78 Å². The third-order valence-electron chi connectivity index (χ3n) is 2.51. The molecule has 1 atom stereocenters. The molecule has 14 heavy (non-hydrogen) atoms. The summed E-state index contributed by atoms with van der Waals surface area (Å²) < 4.78 is 29.9. The Morgan fingerprint density at radius 3 is 2.57 bits per heavy atom. The van der Waals surface area contributed by atoms with Crippen LogP contribution in [0.1, 0.15) is 20.8 Å². The van der Waals surface area contributed by atoms with Crippen molar-refractivity contribution in [2.45, 2.75) is 33.3 Å². The lowest BCUT2D eigenvalue weighted by Crippen LogP contribution is -2.49. The van der Waals surface area contributed by atoms with E-state index < -0.39 is 6.43 Å². The van der Waals surface area contributed by atoms with Crippen molar-refractivity contribution in [1.82, 2.24) is 4.90 Å². The molecule has 1 aliphatic rings. The van der Waals surface area contributed by atoms with Crippen molar-refractivity contribution < 1.29 is 13.5 Å². The van der Waals surface area contributed by atoms with Gasteiger partial charge in [-0.15, -0.1) is 0 Å². The monoisotopic (exact) mass is 207 g/mol. The summed E-state index contributed by atoms with van der Waals surface area (Å²) in [4.78, 5) is 1.78. The number of rotatable bonds is 2. The van der Waals surface area contributed by atoms with E-state index in [0.29, 0.717) is 19.7 Å². The molecule has 0 N–H and O–H groups in total. The van der Waals surface area contributed by atoms with Crippen LogP contribution in [0.4, 0.5) is 8.78 Å². The molecule has 0 saturated carbocycles. The van der Waals surface area contributed by atoms with Crippen molar-refractivity contribution in [3.05, 3.63) is 0 Å². The quantitative estimate of drug-likeness (QED) is 0.686. The van der Waals surface area contributed by atoms with Crippen LogP contribution in [0.15, 0.2) is 0 Å².